The topological polar surface area (TPSA) is 26.5 Å². The van der Waals surface area contributed by atoms with Crippen molar-refractivity contribution in [2.75, 3.05) is 0 Å². The predicted molar refractivity (Wildman–Crippen MR) is 76.8 cm³/mol. The number of hydrogen-bond donors (Lipinski definition) is 0. The molecule has 19 heavy (non-hydrogen) atoms. The molecule has 0 spiro atoms. The molecule has 0 unspecified atom stereocenters. The average Bonchev–Trinajstić information content (AvgIpc) is 2.94. The summed E-state index contributed by atoms with van der Waals surface area (Å²) in [4.78, 5) is 5.07. The van der Waals surface area contributed by atoms with Crippen molar-refractivity contribution in [1.82, 2.24) is 9.38 Å². The van der Waals surface area contributed by atoms with Crippen LogP contribution in [-0.2, 0) is 5.88 Å². The Kier molecular flexibility index (Phi) is 3.47. The highest BCUT2D eigenvalue weighted by atomic mass is 79.9. The van der Waals surface area contributed by atoms with Crippen LogP contribution in [0.25, 0.3) is 4.96 Å². The van der Waals surface area contributed by atoms with Gasteiger partial charge in [-0.1, -0.05) is 15.9 Å². The molecule has 3 nitrogen and oxygen atoms in total. The summed E-state index contributed by atoms with van der Waals surface area (Å²) in [5.41, 5.74) is 0.706. The minimum absolute atomic E-state index is 0.117. The molecule has 3 aromatic rings. The van der Waals surface area contributed by atoms with Crippen LogP contribution in [0.5, 0.6) is 11.6 Å². The first-order valence-corrected chi connectivity index (χ1v) is 7.53. The molecule has 0 saturated carbocycles. The molecule has 98 valence electrons. The molecule has 2 heterocycles. The van der Waals surface area contributed by atoms with Crippen molar-refractivity contribution >= 4 is 43.8 Å². The molecule has 3 rings (SSSR count). The number of hydrogen-bond acceptors (Lipinski definition) is 3. The molecule has 0 aliphatic heterocycles. The second kappa shape index (κ2) is 5.11. The zero-order chi connectivity index (χ0) is 13.4. The van der Waals surface area contributed by atoms with E-state index in [1.165, 1.54) is 17.4 Å². The quantitative estimate of drug-likeness (QED) is 0.625. The highest BCUT2D eigenvalue weighted by Gasteiger charge is 2.16. The van der Waals surface area contributed by atoms with E-state index in [9.17, 15) is 4.39 Å². The highest BCUT2D eigenvalue weighted by Crippen LogP contribution is 2.31. The largest absolute Gasteiger partial charge is 0.434 e. The summed E-state index contributed by atoms with van der Waals surface area (Å²) >= 11 is 10.6. The first kappa shape index (κ1) is 12.9. The number of nitrogens with zero attached hydrogens (tertiary/aromatic N) is 2. The maximum atomic E-state index is 13.7. The number of rotatable bonds is 3. The predicted octanol–water partition coefficient (Wildman–Crippen LogP) is 4.83. The molecule has 7 heteroatoms. The minimum Gasteiger partial charge on any atom is -0.434 e. The summed E-state index contributed by atoms with van der Waals surface area (Å²) < 4.78 is 21.8. The van der Waals surface area contributed by atoms with Crippen LogP contribution in [0.15, 0.2) is 34.2 Å². The SMILES string of the molecule is Fc1ccc(Br)cc1Oc1nc2sccn2c1CCl. The molecule has 0 atom stereocenters. The zero-order valence-electron chi connectivity index (χ0n) is 9.44. The van der Waals surface area contributed by atoms with Crippen molar-refractivity contribution in [3.8, 4) is 11.6 Å². The van der Waals surface area contributed by atoms with Crippen molar-refractivity contribution in [3.05, 3.63) is 45.8 Å². The van der Waals surface area contributed by atoms with Crippen LogP contribution in [0.2, 0.25) is 0 Å². The lowest BCUT2D eigenvalue weighted by molar-refractivity contribution is 0.426. The lowest BCUT2D eigenvalue weighted by Gasteiger charge is -2.05. The summed E-state index contributed by atoms with van der Waals surface area (Å²) in [6.45, 7) is 0. The Morgan fingerprint density at radius 2 is 2.32 bits per heavy atom. The van der Waals surface area contributed by atoms with Crippen molar-refractivity contribution in [1.29, 1.82) is 0 Å². The van der Waals surface area contributed by atoms with Crippen LogP contribution in [0.1, 0.15) is 5.69 Å². The number of halogens is 3. The molecular formula is C12H7BrClFN2OS. The van der Waals surface area contributed by atoms with E-state index < -0.39 is 5.82 Å². The monoisotopic (exact) mass is 360 g/mol. The Bertz CT molecular complexity index is 742. The normalized spacial score (nSPS) is 11.1. The summed E-state index contributed by atoms with van der Waals surface area (Å²) in [6.07, 6.45) is 1.86. The van der Waals surface area contributed by atoms with Gasteiger partial charge in [0, 0.05) is 16.0 Å². The van der Waals surface area contributed by atoms with E-state index >= 15 is 0 Å². The Morgan fingerprint density at radius 3 is 3.11 bits per heavy atom. The molecule has 0 saturated heterocycles. The van der Waals surface area contributed by atoms with Crippen LogP contribution in [0.3, 0.4) is 0 Å². The number of benzene rings is 1. The van der Waals surface area contributed by atoms with Gasteiger partial charge in [-0.05, 0) is 18.2 Å². The van der Waals surface area contributed by atoms with Crippen LogP contribution in [-0.4, -0.2) is 9.38 Å². The lowest BCUT2D eigenvalue weighted by atomic mass is 10.3. The first-order chi connectivity index (χ1) is 9.19. The van der Waals surface area contributed by atoms with Gasteiger partial charge in [-0.25, -0.2) is 4.39 Å². The molecule has 0 amide bonds. The number of imidazole rings is 1. The van der Waals surface area contributed by atoms with Crippen molar-refractivity contribution in [3.63, 3.8) is 0 Å². The van der Waals surface area contributed by atoms with E-state index in [4.69, 9.17) is 16.3 Å². The fraction of sp³-hybridized carbons (Fsp3) is 0.0833. The molecule has 0 aliphatic carbocycles. The smallest absolute Gasteiger partial charge is 0.243 e. The van der Waals surface area contributed by atoms with E-state index in [2.05, 4.69) is 20.9 Å². The van der Waals surface area contributed by atoms with Gasteiger partial charge in [0.25, 0.3) is 0 Å². The van der Waals surface area contributed by atoms with Crippen LogP contribution < -0.4 is 4.74 Å². The van der Waals surface area contributed by atoms with Gasteiger partial charge in [-0.3, -0.25) is 4.40 Å². The maximum absolute atomic E-state index is 13.7. The molecule has 0 fully saturated rings. The van der Waals surface area contributed by atoms with Crippen molar-refractivity contribution in [2.24, 2.45) is 0 Å². The summed E-state index contributed by atoms with van der Waals surface area (Å²) in [5.74, 6) is 0.244. The van der Waals surface area contributed by atoms with Crippen LogP contribution in [0.4, 0.5) is 4.39 Å². The average molecular weight is 362 g/mol. The van der Waals surface area contributed by atoms with Gasteiger partial charge in [0.15, 0.2) is 16.5 Å². The van der Waals surface area contributed by atoms with E-state index in [0.29, 0.717) is 11.6 Å². The van der Waals surface area contributed by atoms with E-state index in [0.717, 1.165) is 9.43 Å². The van der Waals surface area contributed by atoms with Crippen molar-refractivity contribution in [2.45, 2.75) is 5.88 Å². The molecule has 0 bridgehead atoms. The second-order valence-corrected chi connectivity index (χ2v) is 5.79. The first-order valence-electron chi connectivity index (χ1n) is 5.32. The Labute approximate surface area is 125 Å². The molecular weight excluding hydrogens is 355 g/mol. The second-order valence-electron chi connectivity index (χ2n) is 3.73. The van der Waals surface area contributed by atoms with Crippen molar-refractivity contribution < 1.29 is 9.13 Å². The third-order valence-electron chi connectivity index (χ3n) is 2.55. The number of ether oxygens (including phenoxy) is 1. The molecule has 0 radical (unpaired) electrons. The summed E-state index contributed by atoms with van der Waals surface area (Å²) in [5, 5.41) is 1.90. The van der Waals surface area contributed by atoms with Gasteiger partial charge in [0.1, 0.15) is 5.69 Å². The van der Waals surface area contributed by atoms with Gasteiger partial charge in [0.05, 0.1) is 5.88 Å². The standard InChI is InChI=1S/C12H7BrClFN2OS/c13-7-1-2-8(15)10(5-7)18-11-9(6-14)17-3-4-19-12(17)16-11/h1-5H,6H2. The van der Waals surface area contributed by atoms with Gasteiger partial charge in [-0.2, -0.15) is 4.98 Å². The van der Waals surface area contributed by atoms with Gasteiger partial charge < -0.3 is 4.74 Å². The van der Waals surface area contributed by atoms with Gasteiger partial charge in [0.2, 0.25) is 5.88 Å². The molecule has 2 aromatic heterocycles. The van der Waals surface area contributed by atoms with Crippen LogP contribution >= 0.6 is 38.9 Å². The van der Waals surface area contributed by atoms with Gasteiger partial charge >= 0.3 is 0 Å². The highest BCUT2D eigenvalue weighted by molar-refractivity contribution is 9.10. The zero-order valence-corrected chi connectivity index (χ0v) is 12.6. The van der Waals surface area contributed by atoms with E-state index in [1.807, 2.05) is 16.0 Å². The summed E-state index contributed by atoms with van der Waals surface area (Å²) in [7, 11) is 0. The van der Waals surface area contributed by atoms with Crippen LogP contribution in [0, 0.1) is 5.82 Å². The van der Waals surface area contributed by atoms with E-state index in [1.54, 1.807) is 12.1 Å². The fourth-order valence-corrected chi connectivity index (χ4v) is 2.98. The Hall–Kier alpha value is -1.11. The maximum Gasteiger partial charge on any atom is 0.243 e. The molecule has 0 N–H and O–H groups in total. The number of fused-ring (bicyclic) bond motifs is 1. The number of thiazole rings is 1. The number of alkyl halides is 1. The minimum atomic E-state index is -0.444. The Morgan fingerprint density at radius 1 is 1.47 bits per heavy atom. The Balaban J connectivity index is 2.05. The number of aromatic nitrogens is 2. The lowest BCUT2D eigenvalue weighted by Crippen LogP contribution is -1.93. The third-order valence-corrected chi connectivity index (χ3v) is 4.05. The molecule has 1 aromatic carbocycles. The molecule has 0 aliphatic rings. The van der Waals surface area contributed by atoms with E-state index in [-0.39, 0.29) is 11.6 Å². The fourth-order valence-electron chi connectivity index (χ4n) is 1.68. The summed E-state index contributed by atoms with van der Waals surface area (Å²) in [6, 6.07) is 4.50. The third kappa shape index (κ3) is 2.35. The van der Waals surface area contributed by atoms with Gasteiger partial charge in [-0.15, -0.1) is 22.9 Å².